The summed E-state index contributed by atoms with van der Waals surface area (Å²) in [5.41, 5.74) is 7.34. The third-order valence-corrected chi connectivity index (χ3v) is 2.80. The van der Waals surface area contributed by atoms with Crippen molar-refractivity contribution in [2.24, 2.45) is 5.73 Å². The first-order chi connectivity index (χ1) is 9.04. The predicted molar refractivity (Wildman–Crippen MR) is 82.4 cm³/mol. The SMILES string of the molecule is CC(C)(C)c1c(OCCN)noc1-c1ccccc1.Cl. The molecule has 0 radical (unpaired) electrons. The van der Waals surface area contributed by atoms with Crippen LogP contribution < -0.4 is 10.5 Å². The predicted octanol–water partition coefficient (Wildman–Crippen LogP) is 3.40. The zero-order chi connectivity index (χ0) is 13.9. The lowest BCUT2D eigenvalue weighted by Gasteiger charge is -2.19. The normalized spacial score (nSPS) is 11.0. The van der Waals surface area contributed by atoms with E-state index in [-0.39, 0.29) is 17.8 Å². The van der Waals surface area contributed by atoms with Gasteiger partial charge in [-0.2, -0.15) is 0 Å². The molecule has 0 bridgehead atoms. The van der Waals surface area contributed by atoms with Crippen LogP contribution in [0.25, 0.3) is 11.3 Å². The van der Waals surface area contributed by atoms with E-state index >= 15 is 0 Å². The molecule has 0 spiro atoms. The van der Waals surface area contributed by atoms with Crippen LogP contribution in [-0.2, 0) is 5.41 Å². The second-order valence-corrected chi connectivity index (χ2v) is 5.45. The molecular weight excluding hydrogens is 276 g/mol. The average Bonchev–Trinajstić information content (AvgIpc) is 2.81. The van der Waals surface area contributed by atoms with Crippen molar-refractivity contribution in [1.82, 2.24) is 5.16 Å². The van der Waals surface area contributed by atoms with Crippen LogP contribution in [0.1, 0.15) is 26.3 Å². The minimum absolute atomic E-state index is 0. The Morgan fingerprint density at radius 1 is 1.20 bits per heavy atom. The Labute approximate surface area is 125 Å². The average molecular weight is 297 g/mol. The summed E-state index contributed by atoms with van der Waals surface area (Å²) in [5, 5.41) is 4.04. The summed E-state index contributed by atoms with van der Waals surface area (Å²) in [6.45, 7) is 7.23. The highest BCUT2D eigenvalue weighted by atomic mass is 35.5. The van der Waals surface area contributed by atoms with Crippen LogP contribution in [0.2, 0.25) is 0 Å². The Morgan fingerprint density at radius 2 is 1.85 bits per heavy atom. The monoisotopic (exact) mass is 296 g/mol. The maximum Gasteiger partial charge on any atom is 0.258 e. The molecule has 0 saturated carbocycles. The minimum Gasteiger partial charge on any atom is -0.474 e. The van der Waals surface area contributed by atoms with E-state index in [1.54, 1.807) is 0 Å². The van der Waals surface area contributed by atoms with E-state index in [0.717, 1.165) is 16.9 Å². The molecule has 2 aromatic rings. The first kappa shape index (κ1) is 16.5. The third-order valence-electron chi connectivity index (χ3n) is 2.80. The van der Waals surface area contributed by atoms with Crippen LogP contribution in [0.15, 0.2) is 34.9 Å². The molecule has 5 heteroatoms. The summed E-state index contributed by atoms with van der Waals surface area (Å²) in [5.74, 6) is 1.30. The smallest absolute Gasteiger partial charge is 0.258 e. The molecular formula is C15H21ClN2O2. The highest BCUT2D eigenvalue weighted by Crippen LogP contribution is 2.39. The van der Waals surface area contributed by atoms with Gasteiger partial charge in [0.05, 0.1) is 5.56 Å². The van der Waals surface area contributed by atoms with Crippen LogP contribution in [-0.4, -0.2) is 18.3 Å². The van der Waals surface area contributed by atoms with Gasteiger partial charge in [0.25, 0.3) is 5.88 Å². The van der Waals surface area contributed by atoms with Gasteiger partial charge in [-0.25, -0.2) is 0 Å². The summed E-state index contributed by atoms with van der Waals surface area (Å²) in [6.07, 6.45) is 0. The Morgan fingerprint density at radius 3 is 2.40 bits per heavy atom. The molecule has 0 aliphatic heterocycles. The van der Waals surface area contributed by atoms with Gasteiger partial charge in [-0.1, -0.05) is 51.1 Å². The van der Waals surface area contributed by atoms with Gasteiger partial charge in [-0.15, -0.1) is 12.4 Å². The third kappa shape index (κ3) is 3.52. The lowest BCUT2D eigenvalue weighted by molar-refractivity contribution is 0.284. The largest absolute Gasteiger partial charge is 0.474 e. The van der Waals surface area contributed by atoms with Gasteiger partial charge in [-0.05, 0) is 10.6 Å². The van der Waals surface area contributed by atoms with Crippen molar-refractivity contribution in [2.45, 2.75) is 26.2 Å². The molecule has 1 heterocycles. The van der Waals surface area contributed by atoms with E-state index in [9.17, 15) is 0 Å². The lowest BCUT2D eigenvalue weighted by atomic mass is 9.85. The first-order valence-corrected chi connectivity index (χ1v) is 6.42. The van der Waals surface area contributed by atoms with Crippen molar-refractivity contribution in [1.29, 1.82) is 0 Å². The van der Waals surface area contributed by atoms with Crippen LogP contribution in [0, 0.1) is 0 Å². The molecule has 2 rings (SSSR count). The fourth-order valence-corrected chi connectivity index (χ4v) is 1.98. The quantitative estimate of drug-likeness (QED) is 0.939. The molecule has 1 aromatic carbocycles. The number of hydrogen-bond donors (Lipinski definition) is 1. The zero-order valence-corrected chi connectivity index (χ0v) is 12.9. The Kier molecular flexibility index (Phi) is 5.60. The van der Waals surface area contributed by atoms with Crippen molar-refractivity contribution in [3.05, 3.63) is 35.9 Å². The zero-order valence-electron chi connectivity index (χ0n) is 12.1. The molecule has 110 valence electrons. The molecule has 20 heavy (non-hydrogen) atoms. The molecule has 2 N–H and O–H groups in total. The van der Waals surface area contributed by atoms with E-state index in [4.69, 9.17) is 15.0 Å². The van der Waals surface area contributed by atoms with E-state index < -0.39 is 0 Å². The van der Waals surface area contributed by atoms with Crippen LogP contribution in [0.5, 0.6) is 5.88 Å². The summed E-state index contributed by atoms with van der Waals surface area (Å²) < 4.78 is 11.1. The standard InChI is InChI=1S/C15H20N2O2.ClH/c1-15(2,3)12-13(11-7-5-4-6-8-11)19-17-14(12)18-10-9-16;/h4-8H,9-10,16H2,1-3H3;1H. The van der Waals surface area contributed by atoms with Crippen molar-refractivity contribution < 1.29 is 9.26 Å². The van der Waals surface area contributed by atoms with E-state index in [1.165, 1.54) is 0 Å². The molecule has 0 aliphatic rings. The maximum atomic E-state index is 5.59. The summed E-state index contributed by atoms with van der Waals surface area (Å²) in [6, 6.07) is 9.93. The number of rotatable bonds is 4. The van der Waals surface area contributed by atoms with E-state index in [0.29, 0.717) is 19.0 Å². The van der Waals surface area contributed by atoms with Gasteiger partial charge in [0.1, 0.15) is 6.61 Å². The van der Waals surface area contributed by atoms with Gasteiger partial charge < -0.3 is 15.0 Å². The second kappa shape index (κ2) is 6.77. The van der Waals surface area contributed by atoms with Crippen molar-refractivity contribution in [2.75, 3.05) is 13.2 Å². The second-order valence-electron chi connectivity index (χ2n) is 5.45. The van der Waals surface area contributed by atoms with Crippen molar-refractivity contribution in [3.8, 4) is 17.2 Å². The molecule has 0 saturated heterocycles. The highest BCUT2D eigenvalue weighted by Gasteiger charge is 2.29. The number of nitrogens with zero attached hydrogens (tertiary/aromatic N) is 1. The van der Waals surface area contributed by atoms with Gasteiger partial charge in [0.2, 0.25) is 0 Å². The molecule has 0 aliphatic carbocycles. The summed E-state index contributed by atoms with van der Waals surface area (Å²) in [7, 11) is 0. The topological polar surface area (TPSA) is 61.3 Å². The van der Waals surface area contributed by atoms with Gasteiger partial charge in [0, 0.05) is 12.1 Å². The van der Waals surface area contributed by atoms with E-state index in [1.807, 2.05) is 30.3 Å². The molecule has 0 unspecified atom stereocenters. The molecule has 0 amide bonds. The fraction of sp³-hybridized carbons (Fsp3) is 0.400. The molecule has 1 aromatic heterocycles. The Balaban J connectivity index is 0.00000200. The lowest BCUT2D eigenvalue weighted by Crippen LogP contribution is -2.16. The van der Waals surface area contributed by atoms with Gasteiger partial charge in [-0.3, -0.25) is 0 Å². The minimum atomic E-state index is -0.116. The number of halogens is 1. The number of ether oxygens (including phenoxy) is 1. The Bertz CT molecular complexity index is 533. The number of nitrogens with two attached hydrogens (primary N) is 1. The van der Waals surface area contributed by atoms with Crippen molar-refractivity contribution >= 4 is 12.4 Å². The number of benzene rings is 1. The Hall–Kier alpha value is -1.52. The number of aromatic nitrogens is 1. The van der Waals surface area contributed by atoms with E-state index in [2.05, 4.69) is 25.9 Å². The summed E-state index contributed by atoms with van der Waals surface area (Å²) >= 11 is 0. The first-order valence-electron chi connectivity index (χ1n) is 6.42. The molecule has 0 atom stereocenters. The maximum absolute atomic E-state index is 5.59. The van der Waals surface area contributed by atoms with Crippen molar-refractivity contribution in [3.63, 3.8) is 0 Å². The molecule has 4 nitrogen and oxygen atoms in total. The fourth-order valence-electron chi connectivity index (χ4n) is 1.98. The van der Waals surface area contributed by atoms with Crippen LogP contribution in [0.3, 0.4) is 0 Å². The number of hydrogen-bond acceptors (Lipinski definition) is 4. The molecule has 0 fully saturated rings. The van der Waals surface area contributed by atoms with Crippen LogP contribution >= 0.6 is 12.4 Å². The summed E-state index contributed by atoms with van der Waals surface area (Å²) in [4.78, 5) is 0. The van der Waals surface area contributed by atoms with Gasteiger partial charge in [0.15, 0.2) is 5.76 Å². The van der Waals surface area contributed by atoms with Crippen LogP contribution in [0.4, 0.5) is 0 Å². The highest BCUT2D eigenvalue weighted by molar-refractivity contribution is 5.85. The van der Waals surface area contributed by atoms with Gasteiger partial charge >= 0.3 is 0 Å².